The molecular weight excluding hydrogens is 226 g/mol. The molecule has 0 bridgehead atoms. The first kappa shape index (κ1) is 12.7. The Morgan fingerprint density at radius 1 is 1.69 bits per heavy atom. The second-order valence-corrected chi connectivity index (χ2v) is 4.26. The van der Waals surface area contributed by atoms with Crippen LogP contribution in [0.25, 0.3) is 0 Å². The van der Waals surface area contributed by atoms with Crippen LogP contribution in [0.1, 0.15) is 5.69 Å². The van der Waals surface area contributed by atoms with Gasteiger partial charge in [0.15, 0.2) is 0 Å². The van der Waals surface area contributed by atoms with Crippen LogP contribution in [0.15, 0.2) is 6.07 Å². The van der Waals surface area contributed by atoms with Crippen LogP contribution in [0.5, 0.6) is 0 Å². The van der Waals surface area contributed by atoms with Gasteiger partial charge in [0.05, 0.1) is 0 Å². The maximum atomic E-state index is 10.9. The van der Waals surface area contributed by atoms with Crippen molar-refractivity contribution in [2.24, 2.45) is 0 Å². The molecule has 1 heterocycles. The fourth-order valence-electron chi connectivity index (χ4n) is 1.06. The van der Waals surface area contributed by atoms with Gasteiger partial charge in [-0.05, 0) is 18.9 Å². The van der Waals surface area contributed by atoms with Crippen molar-refractivity contribution in [3.05, 3.63) is 11.8 Å². The van der Waals surface area contributed by atoms with Gasteiger partial charge in [-0.2, -0.15) is 5.10 Å². The molecule has 0 saturated heterocycles. The lowest BCUT2D eigenvalue weighted by molar-refractivity contribution is 0.248. The van der Waals surface area contributed by atoms with Crippen molar-refractivity contribution in [3.8, 4) is 0 Å². The van der Waals surface area contributed by atoms with E-state index < -0.39 is 0 Å². The Bertz CT molecular complexity index is 340. The highest BCUT2D eigenvalue weighted by atomic mass is 32.2. The van der Waals surface area contributed by atoms with Crippen LogP contribution in [0.4, 0.5) is 10.6 Å². The predicted octanol–water partition coefficient (Wildman–Crippen LogP) is 0.732. The van der Waals surface area contributed by atoms with E-state index in [1.165, 1.54) is 11.9 Å². The molecule has 1 aromatic rings. The number of urea groups is 1. The summed E-state index contributed by atoms with van der Waals surface area (Å²) in [6.07, 6.45) is 0. The minimum atomic E-state index is -0.178. The second kappa shape index (κ2) is 6.26. The van der Waals surface area contributed by atoms with E-state index in [0.29, 0.717) is 0 Å². The van der Waals surface area contributed by atoms with Crippen molar-refractivity contribution in [1.29, 1.82) is 0 Å². The van der Waals surface area contributed by atoms with Crippen LogP contribution in [-0.2, 0) is 0 Å². The van der Waals surface area contributed by atoms with Crippen molar-refractivity contribution in [2.75, 3.05) is 31.3 Å². The second-order valence-electron chi connectivity index (χ2n) is 3.36. The van der Waals surface area contributed by atoms with Gasteiger partial charge in [-0.15, -0.1) is 0 Å². The molecular formula is C9H17N5OS. The van der Waals surface area contributed by atoms with E-state index >= 15 is 0 Å². The van der Waals surface area contributed by atoms with Crippen LogP contribution in [0.3, 0.4) is 0 Å². The highest BCUT2D eigenvalue weighted by molar-refractivity contribution is 7.97. The summed E-state index contributed by atoms with van der Waals surface area (Å²) < 4.78 is 2.66. The van der Waals surface area contributed by atoms with E-state index in [9.17, 15) is 4.79 Å². The van der Waals surface area contributed by atoms with E-state index in [4.69, 9.17) is 0 Å². The quantitative estimate of drug-likeness (QED) is 0.526. The van der Waals surface area contributed by atoms with Crippen LogP contribution >= 0.6 is 11.9 Å². The molecule has 0 aliphatic heterocycles. The van der Waals surface area contributed by atoms with Crippen molar-refractivity contribution in [1.82, 2.24) is 20.2 Å². The van der Waals surface area contributed by atoms with E-state index in [1.807, 2.05) is 24.9 Å². The lowest BCUT2D eigenvalue weighted by Gasteiger charge is -2.15. The zero-order chi connectivity index (χ0) is 12.0. The summed E-state index contributed by atoms with van der Waals surface area (Å²) in [5.41, 5.74) is 1.04. The Balaban J connectivity index is 2.20. The molecule has 0 aliphatic carbocycles. The number of carbonyl (C=O) groups excluding carboxylic acids is 1. The minimum Gasteiger partial charge on any atom is -0.357 e. The van der Waals surface area contributed by atoms with Crippen LogP contribution in [0, 0.1) is 6.92 Å². The number of aromatic amines is 1. The SMILES string of the molecule is CNC(=O)NSCCN(C)c1cc(C)[nH]n1. The number of aryl methyl sites for hydroxylation is 1. The number of H-pyrrole nitrogens is 1. The maximum Gasteiger partial charge on any atom is 0.324 e. The highest BCUT2D eigenvalue weighted by Gasteiger charge is 2.04. The third kappa shape index (κ3) is 4.01. The van der Waals surface area contributed by atoms with Crippen molar-refractivity contribution in [3.63, 3.8) is 0 Å². The summed E-state index contributed by atoms with van der Waals surface area (Å²) in [7, 11) is 3.56. The third-order valence-electron chi connectivity index (χ3n) is 2.00. The Labute approximate surface area is 99.3 Å². The first-order valence-electron chi connectivity index (χ1n) is 4.96. The van der Waals surface area contributed by atoms with E-state index in [2.05, 4.69) is 20.2 Å². The number of hydrogen-bond acceptors (Lipinski definition) is 4. The topological polar surface area (TPSA) is 73.1 Å². The Kier molecular flexibility index (Phi) is 4.97. The minimum absolute atomic E-state index is 0.178. The number of rotatable bonds is 5. The molecule has 0 saturated carbocycles. The number of nitrogens with one attached hydrogen (secondary N) is 3. The van der Waals surface area contributed by atoms with E-state index in [0.717, 1.165) is 23.8 Å². The Morgan fingerprint density at radius 2 is 2.44 bits per heavy atom. The van der Waals surface area contributed by atoms with E-state index in [1.54, 1.807) is 7.05 Å². The largest absolute Gasteiger partial charge is 0.357 e. The number of hydrogen-bond donors (Lipinski definition) is 3. The lowest BCUT2D eigenvalue weighted by atomic mass is 10.4. The molecule has 0 aromatic carbocycles. The average molecular weight is 243 g/mol. The smallest absolute Gasteiger partial charge is 0.324 e. The first-order valence-corrected chi connectivity index (χ1v) is 5.94. The van der Waals surface area contributed by atoms with Gasteiger partial charge < -0.3 is 10.2 Å². The summed E-state index contributed by atoms with van der Waals surface area (Å²) >= 11 is 1.37. The van der Waals surface area contributed by atoms with Crippen molar-refractivity contribution >= 4 is 23.8 Å². The molecule has 0 unspecified atom stereocenters. The summed E-state index contributed by atoms with van der Waals surface area (Å²) in [5.74, 6) is 1.72. The fourth-order valence-corrected chi connectivity index (χ4v) is 1.76. The molecule has 90 valence electrons. The molecule has 1 aromatic heterocycles. The molecule has 16 heavy (non-hydrogen) atoms. The highest BCUT2D eigenvalue weighted by Crippen LogP contribution is 2.09. The van der Waals surface area contributed by atoms with Crippen LogP contribution < -0.4 is 14.9 Å². The summed E-state index contributed by atoms with van der Waals surface area (Å²) in [5, 5.41) is 9.51. The zero-order valence-electron chi connectivity index (χ0n) is 9.70. The van der Waals surface area contributed by atoms with Gasteiger partial charge in [0.25, 0.3) is 0 Å². The van der Waals surface area contributed by atoms with Crippen LogP contribution in [0.2, 0.25) is 0 Å². The van der Waals surface area contributed by atoms with Gasteiger partial charge in [0, 0.05) is 38.2 Å². The zero-order valence-corrected chi connectivity index (χ0v) is 10.5. The van der Waals surface area contributed by atoms with Gasteiger partial charge in [0.1, 0.15) is 5.82 Å². The van der Waals surface area contributed by atoms with E-state index in [-0.39, 0.29) is 6.03 Å². The molecule has 0 radical (unpaired) electrons. The number of amides is 2. The monoisotopic (exact) mass is 243 g/mol. The number of aromatic nitrogens is 2. The number of nitrogens with zero attached hydrogens (tertiary/aromatic N) is 2. The average Bonchev–Trinajstić information content (AvgIpc) is 2.70. The van der Waals surface area contributed by atoms with Crippen molar-refractivity contribution in [2.45, 2.75) is 6.92 Å². The molecule has 7 heteroatoms. The van der Waals surface area contributed by atoms with Crippen LogP contribution in [-0.4, -0.2) is 42.6 Å². The predicted molar refractivity (Wildman–Crippen MR) is 66.6 cm³/mol. The molecule has 0 fully saturated rings. The molecule has 2 amide bonds. The third-order valence-corrected chi connectivity index (χ3v) is 2.72. The van der Waals surface area contributed by atoms with Gasteiger partial charge in [0.2, 0.25) is 0 Å². The Hall–Kier alpha value is -1.37. The fraction of sp³-hybridized carbons (Fsp3) is 0.556. The standard InChI is InChI=1S/C9H17N5OS/c1-7-6-8(12-11-7)14(3)4-5-16-13-9(15)10-2/h6H,4-5H2,1-3H3,(H,11,12)(H2,10,13,15). The molecule has 0 spiro atoms. The van der Waals surface area contributed by atoms with Gasteiger partial charge in [-0.3, -0.25) is 9.82 Å². The molecule has 0 aliphatic rings. The first-order chi connectivity index (χ1) is 7.63. The van der Waals surface area contributed by atoms with Gasteiger partial charge >= 0.3 is 6.03 Å². The Morgan fingerprint density at radius 3 is 3.00 bits per heavy atom. The van der Waals surface area contributed by atoms with Gasteiger partial charge in [-0.1, -0.05) is 0 Å². The molecule has 0 atom stereocenters. The maximum absolute atomic E-state index is 10.9. The molecule has 6 nitrogen and oxygen atoms in total. The summed E-state index contributed by atoms with van der Waals surface area (Å²) in [6.45, 7) is 2.78. The molecule has 1 rings (SSSR count). The summed E-state index contributed by atoms with van der Waals surface area (Å²) in [6, 6.07) is 1.81. The lowest BCUT2D eigenvalue weighted by Crippen LogP contribution is -2.29. The normalized spacial score (nSPS) is 9.94. The van der Waals surface area contributed by atoms with Gasteiger partial charge in [-0.25, -0.2) is 4.79 Å². The summed E-state index contributed by atoms with van der Waals surface area (Å²) in [4.78, 5) is 12.9. The molecule has 3 N–H and O–H groups in total. The number of anilines is 1. The number of carbonyl (C=O) groups is 1. The van der Waals surface area contributed by atoms with Crippen molar-refractivity contribution < 1.29 is 4.79 Å².